The Kier molecular flexibility index (Phi) is 9.21. The zero-order valence-corrected chi connectivity index (χ0v) is 21.0. The molecule has 0 spiro atoms. The molecule has 0 aromatic carbocycles. The van der Waals surface area contributed by atoms with Crippen LogP contribution in [0.25, 0.3) is 0 Å². The number of hydrogen-bond donors (Lipinski definition) is 2. The van der Waals surface area contributed by atoms with E-state index in [1.54, 1.807) is 24.2 Å². The van der Waals surface area contributed by atoms with Crippen molar-refractivity contribution in [1.29, 1.82) is 0 Å². The van der Waals surface area contributed by atoms with Gasteiger partial charge in [-0.3, -0.25) is 10.6 Å². The van der Waals surface area contributed by atoms with Gasteiger partial charge in [-0.25, -0.2) is 24.5 Å². The van der Waals surface area contributed by atoms with Crippen LogP contribution in [-0.4, -0.2) is 102 Å². The number of nitrogens with one attached hydrogen (secondary N) is 2. The largest absolute Gasteiger partial charge is 0.477 e. The molecule has 0 saturated carbocycles. The van der Waals surface area contributed by atoms with Gasteiger partial charge in [0.1, 0.15) is 18.5 Å². The van der Waals surface area contributed by atoms with Crippen LogP contribution in [0.15, 0.2) is 24.7 Å². The molecule has 2 aliphatic heterocycles. The molecule has 0 radical (unpaired) electrons. The van der Waals surface area contributed by atoms with Crippen molar-refractivity contribution in [1.82, 2.24) is 24.8 Å². The Balaban J connectivity index is 1.29. The first kappa shape index (κ1) is 26.3. The molecule has 2 fully saturated rings. The number of carbonyl (C=O) groups excluding carboxylic acids is 2. The summed E-state index contributed by atoms with van der Waals surface area (Å²) < 4.78 is 21.3. The Bertz CT molecular complexity index is 1040. The standard InChI is InChI=1S/C23H32N8O6/c1-3-35-20-12-25-19(11-26-20)28-22(32)30(2)16-5-4-8-31(13-16)21-24-7-6-18(27-21)29-23(33)37-15-17-14-34-9-10-36-17/h6-7,11-12,16-17H,3-5,8-10,13-15H2,1-2H3,(H,25,28,32)(H,24,27,29,33)/t16-,17+/m1/s1. The van der Waals surface area contributed by atoms with Crippen molar-refractivity contribution in [2.75, 3.05) is 68.7 Å². The van der Waals surface area contributed by atoms with Gasteiger partial charge in [0, 0.05) is 26.3 Å². The maximum atomic E-state index is 12.8. The molecule has 2 aliphatic rings. The molecule has 14 heteroatoms. The van der Waals surface area contributed by atoms with Crippen molar-refractivity contribution in [3.8, 4) is 5.88 Å². The molecule has 2 saturated heterocycles. The molecule has 0 aliphatic carbocycles. The van der Waals surface area contributed by atoms with Gasteiger partial charge in [0.15, 0.2) is 5.82 Å². The highest BCUT2D eigenvalue weighted by Crippen LogP contribution is 2.21. The second kappa shape index (κ2) is 13.0. The molecule has 3 amide bonds. The maximum Gasteiger partial charge on any atom is 0.412 e. The van der Waals surface area contributed by atoms with Gasteiger partial charge < -0.3 is 28.7 Å². The summed E-state index contributed by atoms with van der Waals surface area (Å²) in [5.41, 5.74) is 0. The minimum absolute atomic E-state index is 0.0766. The van der Waals surface area contributed by atoms with Crippen molar-refractivity contribution < 1.29 is 28.5 Å². The number of anilines is 3. The molecule has 2 N–H and O–H groups in total. The lowest BCUT2D eigenvalue weighted by molar-refractivity contribution is -0.105. The monoisotopic (exact) mass is 516 g/mol. The van der Waals surface area contributed by atoms with Crippen LogP contribution in [0.3, 0.4) is 0 Å². The van der Waals surface area contributed by atoms with Gasteiger partial charge in [-0.2, -0.15) is 4.98 Å². The lowest BCUT2D eigenvalue weighted by Crippen LogP contribution is -2.50. The summed E-state index contributed by atoms with van der Waals surface area (Å²) in [5, 5.41) is 5.38. The fraction of sp³-hybridized carbons (Fsp3) is 0.565. The van der Waals surface area contributed by atoms with E-state index in [9.17, 15) is 9.59 Å². The predicted molar refractivity (Wildman–Crippen MR) is 133 cm³/mol. The van der Waals surface area contributed by atoms with Crippen molar-refractivity contribution in [2.45, 2.75) is 31.9 Å². The van der Waals surface area contributed by atoms with Crippen molar-refractivity contribution in [3.05, 3.63) is 24.7 Å². The average molecular weight is 517 g/mol. The van der Waals surface area contributed by atoms with Crippen LogP contribution in [0.5, 0.6) is 5.88 Å². The van der Waals surface area contributed by atoms with Crippen LogP contribution in [0.2, 0.25) is 0 Å². The maximum absolute atomic E-state index is 12.8. The molecule has 37 heavy (non-hydrogen) atoms. The fourth-order valence-electron chi connectivity index (χ4n) is 3.93. The van der Waals surface area contributed by atoms with E-state index in [-0.39, 0.29) is 24.8 Å². The van der Waals surface area contributed by atoms with E-state index in [1.807, 2.05) is 11.8 Å². The summed E-state index contributed by atoms with van der Waals surface area (Å²) in [6, 6.07) is 1.22. The lowest BCUT2D eigenvalue weighted by Gasteiger charge is -2.37. The van der Waals surface area contributed by atoms with Crippen LogP contribution in [0, 0.1) is 0 Å². The van der Waals surface area contributed by atoms with Gasteiger partial charge >= 0.3 is 12.1 Å². The summed E-state index contributed by atoms with van der Waals surface area (Å²) in [5.74, 6) is 1.51. The Morgan fingerprint density at radius 1 is 1.19 bits per heavy atom. The normalized spacial score (nSPS) is 19.6. The molecule has 2 aromatic heterocycles. The number of urea groups is 1. The lowest BCUT2D eigenvalue weighted by atomic mass is 10.1. The molecule has 14 nitrogen and oxygen atoms in total. The minimum atomic E-state index is -0.635. The third-order valence-electron chi connectivity index (χ3n) is 5.86. The molecule has 0 unspecified atom stereocenters. The Hall–Kier alpha value is -3.78. The topological polar surface area (TPSA) is 153 Å². The van der Waals surface area contributed by atoms with Crippen LogP contribution < -0.4 is 20.3 Å². The Morgan fingerprint density at radius 2 is 2.08 bits per heavy atom. The number of ether oxygens (including phenoxy) is 4. The third kappa shape index (κ3) is 7.60. The highest BCUT2D eigenvalue weighted by molar-refractivity contribution is 5.88. The second-order valence-electron chi connectivity index (χ2n) is 8.49. The van der Waals surface area contributed by atoms with Crippen molar-refractivity contribution in [2.24, 2.45) is 0 Å². The number of hydrogen-bond acceptors (Lipinski definition) is 11. The average Bonchev–Trinajstić information content (AvgIpc) is 2.93. The highest BCUT2D eigenvalue weighted by atomic mass is 16.6. The third-order valence-corrected chi connectivity index (χ3v) is 5.86. The fourth-order valence-corrected chi connectivity index (χ4v) is 3.93. The molecule has 4 heterocycles. The zero-order valence-electron chi connectivity index (χ0n) is 21.0. The first-order valence-electron chi connectivity index (χ1n) is 12.2. The zero-order chi connectivity index (χ0) is 26.0. The molecule has 200 valence electrons. The molecular weight excluding hydrogens is 484 g/mol. The van der Waals surface area contributed by atoms with Crippen molar-refractivity contribution in [3.63, 3.8) is 0 Å². The number of rotatable bonds is 8. The first-order valence-corrected chi connectivity index (χ1v) is 12.2. The van der Waals surface area contributed by atoms with Crippen LogP contribution >= 0.6 is 0 Å². The Morgan fingerprint density at radius 3 is 2.84 bits per heavy atom. The number of piperidine rings is 1. The number of aromatic nitrogens is 4. The summed E-state index contributed by atoms with van der Waals surface area (Å²) in [7, 11) is 1.74. The van der Waals surface area contributed by atoms with E-state index in [4.69, 9.17) is 18.9 Å². The smallest absolute Gasteiger partial charge is 0.412 e. The predicted octanol–water partition coefficient (Wildman–Crippen LogP) is 1.76. The molecular formula is C23H32N8O6. The van der Waals surface area contributed by atoms with Gasteiger partial charge in [-0.05, 0) is 25.8 Å². The van der Waals surface area contributed by atoms with E-state index in [0.717, 1.165) is 19.4 Å². The van der Waals surface area contributed by atoms with Crippen LogP contribution in [0.1, 0.15) is 19.8 Å². The van der Waals surface area contributed by atoms with Crippen LogP contribution in [-0.2, 0) is 14.2 Å². The van der Waals surface area contributed by atoms with Gasteiger partial charge in [0.05, 0.1) is 44.9 Å². The van der Waals surface area contributed by atoms with E-state index in [2.05, 4.69) is 30.6 Å². The molecule has 4 rings (SSSR count). The first-order chi connectivity index (χ1) is 18.0. The Labute approximate surface area is 214 Å². The van der Waals surface area contributed by atoms with Gasteiger partial charge in [0.25, 0.3) is 0 Å². The van der Waals surface area contributed by atoms with E-state index >= 15 is 0 Å². The van der Waals surface area contributed by atoms with E-state index < -0.39 is 6.09 Å². The quantitative estimate of drug-likeness (QED) is 0.528. The number of carbonyl (C=O) groups is 2. The van der Waals surface area contributed by atoms with Gasteiger partial charge in [-0.1, -0.05) is 0 Å². The molecule has 0 bridgehead atoms. The SMILES string of the molecule is CCOc1cnc(NC(=O)N(C)[C@@H]2CCCN(c3nccc(NC(=O)OC[C@@H]4COCCO4)n3)C2)cn1. The highest BCUT2D eigenvalue weighted by Gasteiger charge is 2.28. The number of nitrogens with zero attached hydrogens (tertiary/aromatic N) is 6. The van der Waals surface area contributed by atoms with Gasteiger partial charge in [-0.15, -0.1) is 0 Å². The van der Waals surface area contributed by atoms with E-state index in [1.165, 1.54) is 12.4 Å². The van der Waals surface area contributed by atoms with E-state index in [0.29, 0.717) is 56.4 Å². The summed E-state index contributed by atoms with van der Waals surface area (Å²) >= 11 is 0. The van der Waals surface area contributed by atoms with Crippen molar-refractivity contribution >= 4 is 29.7 Å². The number of likely N-dealkylation sites (N-methyl/N-ethyl adjacent to an activating group) is 1. The molecule has 2 atom stereocenters. The molecule has 2 aromatic rings. The number of amides is 3. The summed E-state index contributed by atoms with van der Waals surface area (Å²) in [6.45, 7) is 5.11. The summed E-state index contributed by atoms with van der Waals surface area (Å²) in [6.07, 6.45) is 5.25. The van der Waals surface area contributed by atoms with Gasteiger partial charge in [0.2, 0.25) is 11.8 Å². The second-order valence-corrected chi connectivity index (χ2v) is 8.49. The summed E-state index contributed by atoms with van der Waals surface area (Å²) in [4.78, 5) is 45.7. The van der Waals surface area contributed by atoms with Crippen LogP contribution in [0.4, 0.5) is 27.2 Å². The minimum Gasteiger partial charge on any atom is -0.477 e.